The zero-order valence-electron chi connectivity index (χ0n) is 15.2. The molecule has 2 aromatic carbocycles. The smallest absolute Gasteiger partial charge is 0.317 e. The number of esters is 1. The van der Waals surface area contributed by atoms with Crippen molar-refractivity contribution < 1.29 is 38.8 Å². The topological polar surface area (TPSA) is 119 Å². The van der Waals surface area contributed by atoms with Gasteiger partial charge in [0, 0.05) is 11.1 Å². The number of ketones is 2. The summed E-state index contributed by atoms with van der Waals surface area (Å²) in [5, 5.41) is 19.4. The Morgan fingerprint density at radius 3 is 1.93 bits per heavy atom. The Morgan fingerprint density at radius 2 is 1.43 bits per heavy atom. The predicted octanol–water partition coefficient (Wildman–Crippen LogP) is 1.97. The minimum absolute atomic E-state index is 0.0726. The number of methoxy groups -OCH3 is 2. The van der Waals surface area contributed by atoms with Gasteiger partial charge in [0.1, 0.15) is 12.5 Å². The predicted molar refractivity (Wildman–Crippen MR) is 95.9 cm³/mol. The summed E-state index contributed by atoms with van der Waals surface area (Å²) < 4.78 is 15.0. The van der Waals surface area contributed by atoms with E-state index in [1.807, 2.05) is 0 Å². The van der Waals surface area contributed by atoms with Crippen molar-refractivity contribution in [2.45, 2.75) is 0 Å². The second-order valence-corrected chi connectivity index (χ2v) is 6.22. The highest BCUT2D eigenvalue weighted by atomic mass is 16.5. The maximum Gasteiger partial charge on any atom is 0.317 e. The molecule has 28 heavy (non-hydrogen) atoms. The van der Waals surface area contributed by atoms with E-state index in [1.165, 1.54) is 50.6 Å². The zero-order valence-corrected chi connectivity index (χ0v) is 15.2. The summed E-state index contributed by atoms with van der Waals surface area (Å²) in [4.78, 5) is 38.0. The molecule has 0 amide bonds. The third-order valence-corrected chi connectivity index (χ3v) is 4.61. The number of phenols is 2. The van der Waals surface area contributed by atoms with Crippen molar-refractivity contribution in [1.82, 2.24) is 0 Å². The van der Waals surface area contributed by atoms with Crippen molar-refractivity contribution in [1.29, 1.82) is 0 Å². The van der Waals surface area contributed by atoms with Crippen LogP contribution >= 0.6 is 0 Å². The van der Waals surface area contributed by atoms with Gasteiger partial charge in [-0.15, -0.1) is 0 Å². The number of hydrogen-bond donors (Lipinski definition) is 2. The van der Waals surface area contributed by atoms with Gasteiger partial charge < -0.3 is 24.4 Å². The Labute approximate surface area is 160 Å². The normalized spacial score (nSPS) is 18.4. The summed E-state index contributed by atoms with van der Waals surface area (Å²) in [6, 6.07) is 7.93. The second kappa shape index (κ2) is 7.59. The molecule has 8 nitrogen and oxygen atoms in total. The van der Waals surface area contributed by atoms with Crippen molar-refractivity contribution in [3.8, 4) is 23.0 Å². The summed E-state index contributed by atoms with van der Waals surface area (Å²) in [6.07, 6.45) is 0. The van der Waals surface area contributed by atoms with Crippen molar-refractivity contribution in [2.24, 2.45) is 11.8 Å². The Morgan fingerprint density at radius 1 is 0.929 bits per heavy atom. The number of ether oxygens (including phenoxy) is 3. The molecule has 1 saturated heterocycles. The fraction of sp³-hybridized carbons (Fsp3) is 0.250. The number of aromatic hydroxyl groups is 2. The first-order valence-corrected chi connectivity index (χ1v) is 8.36. The van der Waals surface area contributed by atoms with E-state index in [0.29, 0.717) is 0 Å². The standard InChI is InChI=1S/C20H18O8/c1-26-15-7-10(3-5-13(15)21)18(23)12-9-28-20(25)17(12)19(24)11-4-6-14(22)16(8-11)27-2/h3-8,12,17,21-22H,9H2,1-2H3/t12-,17-/m0/s1. The quantitative estimate of drug-likeness (QED) is 0.439. The number of carbonyl (C=O) groups is 3. The van der Waals surface area contributed by atoms with Crippen molar-refractivity contribution in [3.05, 3.63) is 47.5 Å². The molecule has 3 rings (SSSR count). The molecule has 0 bridgehead atoms. The third-order valence-electron chi connectivity index (χ3n) is 4.61. The lowest BCUT2D eigenvalue weighted by molar-refractivity contribution is -0.140. The van der Waals surface area contributed by atoms with Crippen molar-refractivity contribution in [2.75, 3.05) is 20.8 Å². The Kier molecular flexibility index (Phi) is 5.21. The van der Waals surface area contributed by atoms with Crippen LogP contribution in [0.25, 0.3) is 0 Å². The highest BCUT2D eigenvalue weighted by molar-refractivity contribution is 6.14. The average molecular weight is 386 g/mol. The van der Waals surface area contributed by atoms with Crippen LogP contribution in [0.3, 0.4) is 0 Å². The van der Waals surface area contributed by atoms with Crippen LogP contribution in [-0.4, -0.2) is 48.6 Å². The molecule has 146 valence electrons. The van der Waals surface area contributed by atoms with E-state index in [4.69, 9.17) is 14.2 Å². The van der Waals surface area contributed by atoms with E-state index >= 15 is 0 Å². The molecule has 0 aromatic heterocycles. The van der Waals surface area contributed by atoms with Gasteiger partial charge in [0.2, 0.25) is 0 Å². The number of benzene rings is 2. The molecule has 0 unspecified atom stereocenters. The minimum Gasteiger partial charge on any atom is -0.504 e. The van der Waals surface area contributed by atoms with Gasteiger partial charge in [-0.3, -0.25) is 14.4 Å². The molecular formula is C20H18O8. The van der Waals surface area contributed by atoms with Crippen LogP contribution in [0.15, 0.2) is 36.4 Å². The SMILES string of the molecule is COc1cc(C(=O)[C@H]2C(=O)OC[C@@H]2C(=O)c2ccc(O)c(OC)c2)ccc1O. The monoisotopic (exact) mass is 386 g/mol. The lowest BCUT2D eigenvalue weighted by Gasteiger charge is -2.15. The highest BCUT2D eigenvalue weighted by Gasteiger charge is 2.46. The van der Waals surface area contributed by atoms with Gasteiger partial charge in [0.15, 0.2) is 34.6 Å². The van der Waals surface area contributed by atoms with E-state index in [0.717, 1.165) is 0 Å². The van der Waals surface area contributed by atoms with Crippen LogP contribution in [0.4, 0.5) is 0 Å². The number of phenolic OH excluding ortho intramolecular Hbond substituents is 2. The van der Waals surface area contributed by atoms with Crippen LogP contribution in [0.1, 0.15) is 20.7 Å². The molecule has 0 radical (unpaired) electrons. The fourth-order valence-corrected chi connectivity index (χ4v) is 3.09. The maximum atomic E-state index is 12.9. The number of cyclic esters (lactones) is 1. The Hall–Kier alpha value is -3.55. The van der Waals surface area contributed by atoms with Gasteiger partial charge in [-0.1, -0.05) is 0 Å². The van der Waals surface area contributed by atoms with Gasteiger partial charge in [-0.2, -0.15) is 0 Å². The maximum absolute atomic E-state index is 12.9. The largest absolute Gasteiger partial charge is 0.504 e. The van der Waals surface area contributed by atoms with E-state index in [1.54, 1.807) is 0 Å². The summed E-state index contributed by atoms with van der Waals surface area (Å²) in [7, 11) is 2.67. The second-order valence-electron chi connectivity index (χ2n) is 6.22. The number of Topliss-reactive ketones (excluding diaryl/α,β-unsaturated/α-hetero) is 2. The fourth-order valence-electron chi connectivity index (χ4n) is 3.09. The molecule has 2 atom stereocenters. The van der Waals surface area contributed by atoms with Crippen LogP contribution < -0.4 is 9.47 Å². The molecule has 0 saturated carbocycles. The van der Waals surface area contributed by atoms with Crippen LogP contribution in [0.2, 0.25) is 0 Å². The number of carbonyl (C=O) groups excluding carboxylic acids is 3. The molecule has 1 fully saturated rings. The van der Waals surface area contributed by atoms with Gasteiger partial charge in [0.05, 0.1) is 20.1 Å². The summed E-state index contributed by atoms with van der Waals surface area (Å²) in [5.41, 5.74) is 0.290. The first-order valence-electron chi connectivity index (χ1n) is 8.36. The minimum atomic E-state index is -1.32. The van der Waals surface area contributed by atoms with Crippen molar-refractivity contribution >= 4 is 17.5 Å². The van der Waals surface area contributed by atoms with Gasteiger partial charge in [0.25, 0.3) is 0 Å². The first kappa shape index (κ1) is 19.2. The Bertz CT molecular complexity index is 949. The summed E-state index contributed by atoms with van der Waals surface area (Å²) >= 11 is 0. The first-order chi connectivity index (χ1) is 13.4. The molecule has 0 aliphatic carbocycles. The lowest BCUT2D eigenvalue weighted by Crippen LogP contribution is -2.31. The van der Waals surface area contributed by atoms with Gasteiger partial charge >= 0.3 is 5.97 Å². The molecule has 1 aliphatic rings. The third kappa shape index (κ3) is 3.36. The lowest BCUT2D eigenvalue weighted by atomic mass is 9.83. The zero-order chi connectivity index (χ0) is 20.4. The Balaban J connectivity index is 1.93. The van der Waals surface area contributed by atoms with Crippen LogP contribution in [-0.2, 0) is 9.53 Å². The number of hydrogen-bond acceptors (Lipinski definition) is 8. The van der Waals surface area contributed by atoms with Gasteiger partial charge in [-0.05, 0) is 36.4 Å². The summed E-state index contributed by atoms with van der Waals surface area (Å²) in [6.45, 7) is -0.230. The molecule has 2 aromatic rings. The summed E-state index contributed by atoms with van der Waals surface area (Å²) in [5.74, 6) is -4.33. The van der Waals surface area contributed by atoms with Crippen LogP contribution in [0, 0.1) is 11.8 Å². The highest BCUT2D eigenvalue weighted by Crippen LogP contribution is 2.34. The van der Waals surface area contributed by atoms with E-state index in [-0.39, 0.29) is 40.7 Å². The molecule has 0 spiro atoms. The van der Waals surface area contributed by atoms with E-state index in [2.05, 4.69) is 0 Å². The van der Waals surface area contributed by atoms with E-state index in [9.17, 15) is 24.6 Å². The average Bonchev–Trinajstić information content (AvgIpc) is 3.09. The molecule has 1 heterocycles. The molecule has 8 heteroatoms. The van der Waals surface area contributed by atoms with Crippen molar-refractivity contribution in [3.63, 3.8) is 0 Å². The van der Waals surface area contributed by atoms with E-state index < -0.39 is 29.4 Å². The molecule has 2 N–H and O–H groups in total. The molecule has 1 aliphatic heterocycles. The van der Waals surface area contributed by atoms with Gasteiger partial charge in [-0.25, -0.2) is 0 Å². The number of rotatable bonds is 6. The molecular weight excluding hydrogens is 368 g/mol. The van der Waals surface area contributed by atoms with Crippen LogP contribution in [0.5, 0.6) is 23.0 Å².